The summed E-state index contributed by atoms with van der Waals surface area (Å²) in [5.41, 5.74) is 1.45. The van der Waals surface area contributed by atoms with Gasteiger partial charge >= 0.3 is 12.2 Å². The molecule has 0 atom stereocenters. The number of likely N-dealkylation sites (N-methyl/N-ethyl adjacent to an activating group) is 1. The Morgan fingerprint density at radius 3 is 2.00 bits per heavy atom. The van der Waals surface area contributed by atoms with Crippen LogP contribution in [0.1, 0.15) is 38.3 Å². The van der Waals surface area contributed by atoms with Crippen LogP contribution in [0.15, 0.2) is 24.3 Å². The molecule has 0 spiro atoms. The molecular formula is C15H21F4NO. The molecule has 1 aromatic carbocycles. The number of rotatable bonds is 7. The molecule has 0 bridgehead atoms. The molecule has 6 heteroatoms. The van der Waals surface area contributed by atoms with Gasteiger partial charge in [0.2, 0.25) is 0 Å². The molecule has 0 aromatic heterocycles. The SMILES string of the molecule is CCC(C)(C)c1ccc(COC(F)(F)C(F)(F)NC)cc1. The number of ether oxygens (including phenoxy) is 1. The first-order chi connectivity index (χ1) is 9.55. The lowest BCUT2D eigenvalue weighted by Crippen LogP contribution is -2.51. The monoisotopic (exact) mass is 307 g/mol. The predicted molar refractivity (Wildman–Crippen MR) is 73.5 cm³/mol. The maximum Gasteiger partial charge on any atom is 0.434 e. The molecule has 0 unspecified atom stereocenters. The summed E-state index contributed by atoms with van der Waals surface area (Å²) >= 11 is 0. The van der Waals surface area contributed by atoms with E-state index in [2.05, 4.69) is 25.5 Å². The minimum atomic E-state index is -4.57. The van der Waals surface area contributed by atoms with Crippen LogP contribution in [0, 0.1) is 0 Å². The van der Waals surface area contributed by atoms with Crippen molar-refractivity contribution in [2.24, 2.45) is 0 Å². The first kappa shape index (κ1) is 17.9. The Kier molecular flexibility index (Phi) is 5.39. The van der Waals surface area contributed by atoms with Crippen molar-refractivity contribution in [2.45, 2.75) is 51.4 Å². The fourth-order valence-corrected chi connectivity index (χ4v) is 1.67. The van der Waals surface area contributed by atoms with E-state index in [-0.39, 0.29) is 5.41 Å². The minimum Gasteiger partial charge on any atom is -0.310 e. The van der Waals surface area contributed by atoms with Crippen molar-refractivity contribution in [3.05, 3.63) is 35.4 Å². The Hall–Kier alpha value is -1.14. The Labute approximate surface area is 122 Å². The van der Waals surface area contributed by atoms with Gasteiger partial charge in [-0.15, -0.1) is 0 Å². The van der Waals surface area contributed by atoms with Crippen molar-refractivity contribution in [3.63, 3.8) is 0 Å². The minimum absolute atomic E-state index is 0.0253. The van der Waals surface area contributed by atoms with Crippen molar-refractivity contribution in [3.8, 4) is 0 Å². The van der Waals surface area contributed by atoms with E-state index in [4.69, 9.17) is 0 Å². The van der Waals surface area contributed by atoms with Crippen LogP contribution in [0.5, 0.6) is 0 Å². The Bertz CT molecular complexity index is 457. The van der Waals surface area contributed by atoms with Gasteiger partial charge in [0.05, 0.1) is 6.61 Å². The van der Waals surface area contributed by atoms with Crippen LogP contribution in [0.3, 0.4) is 0 Å². The van der Waals surface area contributed by atoms with E-state index in [9.17, 15) is 17.6 Å². The second-order valence-corrected chi connectivity index (χ2v) is 5.56. The summed E-state index contributed by atoms with van der Waals surface area (Å²) in [5, 5.41) is 1.25. The second-order valence-electron chi connectivity index (χ2n) is 5.56. The van der Waals surface area contributed by atoms with Crippen molar-refractivity contribution < 1.29 is 22.3 Å². The molecule has 2 nitrogen and oxygen atoms in total. The lowest BCUT2D eigenvalue weighted by molar-refractivity contribution is -0.359. The summed E-state index contributed by atoms with van der Waals surface area (Å²) < 4.78 is 56.3. The van der Waals surface area contributed by atoms with E-state index >= 15 is 0 Å². The highest BCUT2D eigenvalue weighted by Gasteiger charge is 2.57. The molecular weight excluding hydrogens is 286 g/mol. The van der Waals surface area contributed by atoms with Gasteiger partial charge < -0.3 is 4.74 Å². The first-order valence-corrected chi connectivity index (χ1v) is 6.73. The normalized spacial score (nSPS) is 13.5. The summed E-state index contributed by atoms with van der Waals surface area (Å²) in [6.45, 7) is 5.61. The molecule has 1 aromatic rings. The summed E-state index contributed by atoms with van der Waals surface area (Å²) in [7, 11) is 0.749. The fourth-order valence-electron chi connectivity index (χ4n) is 1.67. The molecule has 0 saturated heterocycles. The number of hydrogen-bond acceptors (Lipinski definition) is 2. The van der Waals surface area contributed by atoms with Crippen molar-refractivity contribution in [2.75, 3.05) is 7.05 Å². The van der Waals surface area contributed by atoms with Crippen LogP contribution in [-0.4, -0.2) is 19.2 Å². The van der Waals surface area contributed by atoms with Gasteiger partial charge in [0.25, 0.3) is 0 Å². The predicted octanol–water partition coefficient (Wildman–Crippen LogP) is 4.30. The van der Waals surface area contributed by atoms with Gasteiger partial charge in [-0.2, -0.15) is 17.6 Å². The summed E-state index contributed by atoms with van der Waals surface area (Å²) in [6.07, 6.45) is -3.64. The third-order valence-electron chi connectivity index (χ3n) is 3.72. The maximum atomic E-state index is 13.2. The summed E-state index contributed by atoms with van der Waals surface area (Å²) in [6, 6.07) is 2.42. The molecule has 120 valence electrons. The molecule has 21 heavy (non-hydrogen) atoms. The molecule has 0 radical (unpaired) electrons. The Balaban J connectivity index is 2.74. The third-order valence-corrected chi connectivity index (χ3v) is 3.72. The number of hydrogen-bond donors (Lipinski definition) is 1. The summed E-state index contributed by atoms with van der Waals surface area (Å²) in [4.78, 5) is 0. The zero-order valence-corrected chi connectivity index (χ0v) is 12.6. The van der Waals surface area contributed by atoms with Crippen LogP contribution in [0.25, 0.3) is 0 Å². The van der Waals surface area contributed by atoms with E-state index in [0.717, 1.165) is 19.0 Å². The van der Waals surface area contributed by atoms with E-state index in [1.807, 2.05) is 0 Å². The largest absolute Gasteiger partial charge is 0.434 e. The molecule has 1 N–H and O–H groups in total. The Morgan fingerprint density at radius 1 is 1.05 bits per heavy atom. The molecule has 0 aliphatic carbocycles. The van der Waals surface area contributed by atoms with Gasteiger partial charge in [0.1, 0.15) is 0 Å². The molecule has 0 aliphatic rings. The molecule has 0 aliphatic heterocycles. The zero-order valence-electron chi connectivity index (χ0n) is 12.6. The number of halogens is 4. The first-order valence-electron chi connectivity index (χ1n) is 6.73. The highest BCUT2D eigenvalue weighted by atomic mass is 19.3. The fraction of sp³-hybridized carbons (Fsp3) is 0.600. The highest BCUT2D eigenvalue weighted by Crippen LogP contribution is 2.33. The van der Waals surface area contributed by atoms with Crippen LogP contribution in [0.4, 0.5) is 17.6 Å². The average molecular weight is 307 g/mol. The standard InChI is InChI=1S/C15H21F4NO/c1-5-13(2,3)12-8-6-11(7-9-12)10-21-15(18,19)14(16,17)20-4/h6-9,20H,5,10H2,1-4H3. The zero-order chi connectivity index (χ0) is 16.3. The van der Waals surface area contributed by atoms with E-state index in [1.54, 1.807) is 24.3 Å². The van der Waals surface area contributed by atoms with Gasteiger partial charge in [0.15, 0.2) is 0 Å². The van der Waals surface area contributed by atoms with Gasteiger partial charge in [-0.25, -0.2) is 0 Å². The Morgan fingerprint density at radius 2 is 1.57 bits per heavy atom. The van der Waals surface area contributed by atoms with Gasteiger partial charge in [-0.1, -0.05) is 45.0 Å². The smallest absolute Gasteiger partial charge is 0.310 e. The van der Waals surface area contributed by atoms with Crippen LogP contribution in [0.2, 0.25) is 0 Å². The lowest BCUT2D eigenvalue weighted by atomic mass is 9.82. The van der Waals surface area contributed by atoms with Crippen molar-refractivity contribution in [1.82, 2.24) is 5.32 Å². The molecule has 0 amide bonds. The lowest BCUT2D eigenvalue weighted by Gasteiger charge is -2.26. The maximum absolute atomic E-state index is 13.2. The molecule has 0 saturated carbocycles. The van der Waals surface area contributed by atoms with Gasteiger partial charge in [-0.3, -0.25) is 5.32 Å². The quantitative estimate of drug-likeness (QED) is 0.599. The average Bonchev–Trinajstić information content (AvgIpc) is 2.45. The summed E-state index contributed by atoms with van der Waals surface area (Å²) in [5.74, 6) is 0. The topological polar surface area (TPSA) is 21.3 Å². The van der Waals surface area contributed by atoms with Gasteiger partial charge in [0, 0.05) is 0 Å². The van der Waals surface area contributed by atoms with E-state index in [1.165, 1.54) is 5.32 Å². The number of benzene rings is 1. The molecule has 1 rings (SSSR count). The molecule has 0 heterocycles. The number of nitrogens with one attached hydrogen (secondary N) is 1. The van der Waals surface area contributed by atoms with E-state index < -0.39 is 18.8 Å². The highest BCUT2D eigenvalue weighted by molar-refractivity contribution is 5.27. The van der Waals surface area contributed by atoms with Gasteiger partial charge in [-0.05, 0) is 30.0 Å². The second kappa shape index (κ2) is 6.32. The molecule has 0 fully saturated rings. The van der Waals surface area contributed by atoms with Crippen LogP contribution >= 0.6 is 0 Å². The van der Waals surface area contributed by atoms with Crippen molar-refractivity contribution in [1.29, 1.82) is 0 Å². The van der Waals surface area contributed by atoms with Crippen molar-refractivity contribution >= 4 is 0 Å². The van der Waals surface area contributed by atoms with E-state index in [0.29, 0.717) is 5.56 Å². The number of alkyl halides is 4. The third kappa shape index (κ3) is 4.17. The van der Waals surface area contributed by atoms with Crippen LogP contribution in [-0.2, 0) is 16.8 Å². The van der Waals surface area contributed by atoms with Crippen LogP contribution < -0.4 is 5.32 Å².